The molecule has 38 heavy (non-hydrogen) atoms. The van der Waals surface area contributed by atoms with Crippen molar-refractivity contribution in [3.8, 4) is 16.9 Å². The highest BCUT2D eigenvalue weighted by Crippen LogP contribution is 2.52. The van der Waals surface area contributed by atoms with E-state index in [1.807, 2.05) is 72.1 Å². The number of piperidine rings is 1. The molecule has 192 valence electrons. The maximum absolute atomic E-state index is 11.9. The summed E-state index contributed by atoms with van der Waals surface area (Å²) in [5, 5.41) is 21.7. The number of aromatic nitrogens is 5. The van der Waals surface area contributed by atoms with Crippen molar-refractivity contribution in [3.05, 3.63) is 66.0 Å². The van der Waals surface area contributed by atoms with Crippen molar-refractivity contribution < 1.29 is 14.6 Å². The van der Waals surface area contributed by atoms with Crippen molar-refractivity contribution in [1.82, 2.24) is 24.5 Å². The molecule has 7 rings (SSSR count). The maximum atomic E-state index is 11.9. The third-order valence-corrected chi connectivity index (χ3v) is 8.27. The molecule has 2 aliphatic rings. The van der Waals surface area contributed by atoms with Crippen LogP contribution in [0, 0.1) is 24.7 Å². The minimum Gasteiger partial charge on any atom is -0.469 e. The highest BCUT2D eigenvalue weighted by molar-refractivity contribution is 6.03. The minimum atomic E-state index is -0.0936. The van der Waals surface area contributed by atoms with Gasteiger partial charge < -0.3 is 14.7 Å². The fourth-order valence-electron chi connectivity index (χ4n) is 6.22. The van der Waals surface area contributed by atoms with Crippen LogP contribution in [-0.2, 0) is 23.2 Å². The Morgan fingerprint density at radius 1 is 1.08 bits per heavy atom. The van der Waals surface area contributed by atoms with Gasteiger partial charge >= 0.3 is 5.97 Å². The second-order valence-corrected chi connectivity index (χ2v) is 10.4. The molecule has 9 nitrogen and oxygen atoms in total. The Hall–Kier alpha value is -4.24. The van der Waals surface area contributed by atoms with E-state index in [4.69, 9.17) is 14.8 Å². The monoisotopic (exact) mass is 508 g/mol. The minimum absolute atomic E-state index is 0.0392. The van der Waals surface area contributed by atoms with E-state index < -0.39 is 0 Å². The molecule has 0 bridgehead atoms. The number of aliphatic hydroxyl groups excluding tert-OH is 1. The predicted molar refractivity (Wildman–Crippen MR) is 144 cm³/mol. The summed E-state index contributed by atoms with van der Waals surface area (Å²) < 4.78 is 8.68. The van der Waals surface area contributed by atoms with Crippen LogP contribution in [-0.4, -0.2) is 55.8 Å². The van der Waals surface area contributed by atoms with Crippen LogP contribution < -0.4 is 4.90 Å². The van der Waals surface area contributed by atoms with E-state index >= 15 is 0 Å². The van der Waals surface area contributed by atoms with Crippen molar-refractivity contribution in [2.75, 3.05) is 25.1 Å². The van der Waals surface area contributed by atoms with Crippen LogP contribution in [0.4, 0.5) is 5.82 Å². The van der Waals surface area contributed by atoms with Crippen molar-refractivity contribution in [2.45, 2.75) is 13.5 Å². The van der Waals surface area contributed by atoms with Gasteiger partial charge in [0.1, 0.15) is 11.5 Å². The van der Waals surface area contributed by atoms with Gasteiger partial charge in [-0.25, -0.2) is 9.67 Å². The molecule has 2 unspecified atom stereocenters. The molecule has 1 saturated heterocycles. The topological polar surface area (TPSA) is 98.3 Å². The van der Waals surface area contributed by atoms with E-state index in [0.717, 1.165) is 68.8 Å². The van der Waals surface area contributed by atoms with Gasteiger partial charge in [0.25, 0.3) is 0 Å². The quantitative estimate of drug-likeness (QED) is 0.362. The average Bonchev–Trinajstić information content (AvgIpc) is 3.28. The van der Waals surface area contributed by atoms with Gasteiger partial charge in [-0.3, -0.25) is 9.48 Å². The zero-order valence-electron chi connectivity index (χ0n) is 21.5. The molecule has 4 heterocycles. The first kappa shape index (κ1) is 22.9. The zero-order valence-corrected chi connectivity index (χ0v) is 21.5. The highest BCUT2D eigenvalue weighted by Gasteiger charge is 2.60. The third kappa shape index (κ3) is 3.35. The number of nitrogens with zero attached hydrogens (tertiary/aromatic N) is 6. The number of esters is 1. The molecule has 1 saturated carbocycles. The SMILES string of the molecule is COC(=O)C1C2CN(c3ccc(-n4nc(-c5cccc6nn(C)cc56)c5ccc(CO)c(C)c54)cn3)CC21. The van der Waals surface area contributed by atoms with Crippen LogP contribution in [0.3, 0.4) is 0 Å². The number of ether oxygens (including phenoxy) is 1. The number of aryl methyl sites for hydroxylation is 2. The number of anilines is 1. The molecule has 9 heteroatoms. The Kier molecular flexibility index (Phi) is 5.06. The van der Waals surface area contributed by atoms with Crippen molar-refractivity contribution >= 4 is 33.6 Å². The number of benzene rings is 2. The van der Waals surface area contributed by atoms with E-state index in [9.17, 15) is 9.90 Å². The smallest absolute Gasteiger partial charge is 0.309 e. The van der Waals surface area contributed by atoms with Gasteiger partial charge in [-0.15, -0.1) is 0 Å². The molecule has 2 aromatic carbocycles. The molecule has 5 aromatic rings. The number of rotatable bonds is 5. The summed E-state index contributed by atoms with van der Waals surface area (Å²) in [5.74, 6) is 1.56. The van der Waals surface area contributed by atoms with E-state index in [-0.39, 0.29) is 18.5 Å². The van der Waals surface area contributed by atoms with E-state index in [2.05, 4.69) is 16.1 Å². The van der Waals surface area contributed by atoms with Gasteiger partial charge in [-0.2, -0.15) is 10.2 Å². The number of carbonyl (C=O) groups is 1. The summed E-state index contributed by atoms with van der Waals surface area (Å²) >= 11 is 0. The fourth-order valence-corrected chi connectivity index (χ4v) is 6.22. The summed E-state index contributed by atoms with van der Waals surface area (Å²) in [7, 11) is 3.38. The van der Waals surface area contributed by atoms with Gasteiger partial charge in [-0.05, 0) is 48.1 Å². The molecule has 2 fully saturated rings. The molecule has 1 N–H and O–H groups in total. The number of fused-ring (bicyclic) bond motifs is 3. The number of pyridine rings is 1. The first-order valence-electron chi connectivity index (χ1n) is 12.8. The molecule has 2 atom stereocenters. The summed E-state index contributed by atoms with van der Waals surface area (Å²) in [6.45, 7) is 3.62. The van der Waals surface area contributed by atoms with Crippen LogP contribution in [0.15, 0.2) is 54.9 Å². The highest BCUT2D eigenvalue weighted by atomic mass is 16.5. The average molecular weight is 509 g/mol. The number of aliphatic hydroxyl groups is 1. The Morgan fingerprint density at radius 3 is 2.61 bits per heavy atom. The lowest BCUT2D eigenvalue weighted by Gasteiger charge is -2.20. The van der Waals surface area contributed by atoms with Crippen LogP contribution in [0.5, 0.6) is 0 Å². The summed E-state index contributed by atoms with van der Waals surface area (Å²) in [6, 6.07) is 14.2. The molecule has 0 amide bonds. The molecular weight excluding hydrogens is 480 g/mol. The van der Waals surface area contributed by atoms with Crippen LogP contribution in [0.2, 0.25) is 0 Å². The van der Waals surface area contributed by atoms with E-state index in [1.54, 1.807) is 0 Å². The number of carbonyl (C=O) groups excluding carboxylic acids is 1. The van der Waals surface area contributed by atoms with Gasteiger partial charge in [0.15, 0.2) is 0 Å². The Balaban J connectivity index is 1.29. The molecule has 1 aliphatic carbocycles. The van der Waals surface area contributed by atoms with Gasteiger partial charge in [-0.1, -0.05) is 24.3 Å². The normalized spacial score (nSPS) is 20.3. The summed E-state index contributed by atoms with van der Waals surface area (Å²) in [4.78, 5) is 18.9. The van der Waals surface area contributed by atoms with Crippen LogP contribution >= 0.6 is 0 Å². The molecule has 3 aromatic heterocycles. The van der Waals surface area contributed by atoms with Crippen LogP contribution in [0.25, 0.3) is 38.8 Å². The number of methoxy groups -OCH3 is 1. The maximum Gasteiger partial charge on any atom is 0.309 e. The standard InChI is InChI=1S/C29H28N6O3/c1-16-17(15-36)7-9-20-27(19-5-4-6-24-21(19)12-33(2)31-24)32-35(28(16)20)18-8-10-25(30-11-18)34-13-22-23(14-34)26(22)29(37)38-3/h4-12,22-23,26,36H,13-15H2,1-3H3. The lowest BCUT2D eigenvalue weighted by molar-refractivity contribution is -0.142. The van der Waals surface area contributed by atoms with E-state index in [1.165, 1.54) is 7.11 Å². The fraction of sp³-hybridized carbons (Fsp3) is 0.310. The molecule has 0 radical (unpaired) electrons. The van der Waals surface area contributed by atoms with Gasteiger partial charge in [0.2, 0.25) is 0 Å². The second-order valence-electron chi connectivity index (χ2n) is 10.4. The predicted octanol–water partition coefficient (Wildman–Crippen LogP) is 3.63. The summed E-state index contributed by atoms with van der Waals surface area (Å²) in [6.07, 6.45) is 3.87. The van der Waals surface area contributed by atoms with Gasteiger partial charge in [0, 0.05) is 42.7 Å². The molecular formula is C29H28N6O3. The Bertz CT molecular complexity index is 1710. The first-order chi connectivity index (χ1) is 18.5. The lowest BCUT2D eigenvalue weighted by Crippen LogP contribution is -2.27. The molecule has 0 spiro atoms. The zero-order chi connectivity index (χ0) is 26.1. The number of hydrogen-bond donors (Lipinski definition) is 1. The van der Waals surface area contributed by atoms with E-state index in [0.29, 0.717) is 11.8 Å². The Morgan fingerprint density at radius 2 is 1.89 bits per heavy atom. The van der Waals surface area contributed by atoms with Crippen molar-refractivity contribution in [3.63, 3.8) is 0 Å². The third-order valence-electron chi connectivity index (χ3n) is 8.27. The first-order valence-corrected chi connectivity index (χ1v) is 12.8. The number of hydrogen-bond acceptors (Lipinski definition) is 7. The van der Waals surface area contributed by atoms with Crippen molar-refractivity contribution in [2.24, 2.45) is 24.8 Å². The van der Waals surface area contributed by atoms with Crippen molar-refractivity contribution in [1.29, 1.82) is 0 Å². The lowest BCUT2D eigenvalue weighted by atomic mass is 10.0. The summed E-state index contributed by atoms with van der Waals surface area (Å²) in [5.41, 5.74) is 6.44. The molecule has 1 aliphatic heterocycles. The largest absolute Gasteiger partial charge is 0.469 e. The Labute approximate surface area is 219 Å². The van der Waals surface area contributed by atoms with Crippen LogP contribution in [0.1, 0.15) is 11.1 Å². The van der Waals surface area contributed by atoms with Gasteiger partial charge in [0.05, 0.1) is 42.6 Å². The second kappa shape index (κ2) is 8.39.